The molecule has 2 aliphatic rings. The number of carbonyl (C=O) groups is 4. The number of nitrogens with zero attached hydrogens (tertiary/aromatic N) is 7. The molecule has 2 aromatic carbocycles. The van der Waals surface area contributed by atoms with Gasteiger partial charge in [0.05, 0.1) is 54.0 Å². The number of aryl methyl sites for hydroxylation is 3. The highest BCUT2D eigenvalue weighted by atomic mass is 32.1. The van der Waals surface area contributed by atoms with Gasteiger partial charge in [-0.1, -0.05) is 69.3 Å². The summed E-state index contributed by atoms with van der Waals surface area (Å²) in [6, 6.07) is 16.8. The number of β-amino-alcohol motifs (C(OH)–C–C–N with tert-alkyl or cyclic N) is 1. The fraction of sp³-hybridized carbons (Fsp3) is 0.380. The molecule has 1 unspecified atom stereocenters. The molecule has 18 heteroatoms. The minimum atomic E-state index is -0.985. The van der Waals surface area contributed by atoms with E-state index in [1.807, 2.05) is 106 Å². The number of thiazole rings is 1. The number of pyridine rings is 1. The zero-order valence-corrected chi connectivity index (χ0v) is 41.2. The number of aliphatic hydroxyl groups excluding tert-OH is 1. The van der Waals surface area contributed by atoms with Gasteiger partial charge in [0.25, 0.3) is 0 Å². The molecule has 16 nitrogen and oxygen atoms in total. The molecular formula is C50H56N10O6S2. The Balaban J connectivity index is 0.905. The predicted octanol–water partition coefficient (Wildman–Crippen LogP) is 6.99. The normalized spacial score (nSPS) is 17.6. The van der Waals surface area contributed by atoms with E-state index in [2.05, 4.69) is 50.0 Å². The Labute approximate surface area is 403 Å². The third kappa shape index (κ3) is 9.84. The van der Waals surface area contributed by atoms with Crippen molar-refractivity contribution in [3.05, 3.63) is 117 Å². The molecule has 0 radical (unpaired) electrons. The number of hydrogen-bond acceptors (Lipinski definition) is 14. The standard InChI is InChI=1S/C50H56N10O6S2/c1-26-29(4)68-49-42(26)43(55-37(21-41(63)66-9)46-58-57-30(5)60(46)49)33-14-12-32(13-15-33)35-18-19-39(51-22-35)52-23-40(62)56-45(50(6,7)8)48(65)59-24-36(61)20-38(59)47(64)54-27(2)31-10-16-34(17-11-31)44-28(3)53-25-67-44/h10-19,22,25,27,36-38,45,61H,20-21,23-24H2,1-9H3,(H,51,52)(H,54,64)(H,56,62)/t27-,36+,37-,38-,45?/m0/s1. The van der Waals surface area contributed by atoms with Gasteiger partial charge in [-0.15, -0.1) is 32.9 Å². The van der Waals surface area contributed by atoms with Crippen LogP contribution in [0.5, 0.6) is 0 Å². The van der Waals surface area contributed by atoms with Gasteiger partial charge < -0.3 is 30.7 Å². The number of methoxy groups -OCH3 is 1. The van der Waals surface area contributed by atoms with Crippen molar-refractivity contribution in [2.45, 2.75) is 98.5 Å². The van der Waals surface area contributed by atoms with E-state index in [4.69, 9.17) is 9.73 Å². The van der Waals surface area contributed by atoms with Crippen LogP contribution in [0.15, 0.2) is 77.4 Å². The smallest absolute Gasteiger partial charge is 0.308 e. The van der Waals surface area contributed by atoms with E-state index in [0.717, 1.165) is 65.1 Å². The summed E-state index contributed by atoms with van der Waals surface area (Å²) >= 11 is 3.22. The largest absolute Gasteiger partial charge is 0.469 e. The highest BCUT2D eigenvalue weighted by molar-refractivity contribution is 7.15. The van der Waals surface area contributed by atoms with Crippen molar-refractivity contribution in [2.75, 3.05) is 25.5 Å². The van der Waals surface area contributed by atoms with Crippen LogP contribution in [-0.2, 0) is 23.9 Å². The molecule has 0 spiro atoms. The molecule has 5 atom stereocenters. The van der Waals surface area contributed by atoms with Crippen LogP contribution in [0.3, 0.4) is 0 Å². The molecule has 1 saturated heterocycles. The Morgan fingerprint density at radius 3 is 2.24 bits per heavy atom. The van der Waals surface area contributed by atoms with Crippen molar-refractivity contribution >= 4 is 57.9 Å². The average Bonchev–Trinajstić information content (AvgIpc) is 4.09. The minimum Gasteiger partial charge on any atom is -0.469 e. The first-order chi connectivity index (χ1) is 32.4. The van der Waals surface area contributed by atoms with Crippen molar-refractivity contribution in [2.24, 2.45) is 10.4 Å². The maximum absolute atomic E-state index is 14.2. The number of aromatic nitrogens is 5. The summed E-state index contributed by atoms with van der Waals surface area (Å²) in [6.07, 6.45) is 0.926. The second-order valence-corrected chi connectivity index (χ2v) is 20.5. The lowest BCUT2D eigenvalue weighted by Crippen LogP contribution is -2.58. The van der Waals surface area contributed by atoms with Gasteiger partial charge in [0, 0.05) is 40.7 Å². The number of aliphatic hydroxyl groups is 1. The molecule has 4 aromatic heterocycles. The van der Waals surface area contributed by atoms with Crippen LogP contribution in [-0.4, -0.2) is 103 Å². The van der Waals surface area contributed by atoms with E-state index in [1.165, 1.54) is 12.0 Å². The van der Waals surface area contributed by atoms with E-state index in [-0.39, 0.29) is 37.9 Å². The SMILES string of the molecule is COC(=O)C[C@@H]1N=C(c2ccc(-c3ccc(NCC(=O)NC(C(=O)N4C[C@H](O)C[C@H]4C(=O)N[C@@H](C)c4ccc(-c5scnc5C)cc4)C(C)(C)C)nc3)cc2)c2c(sc(C)c2C)-n2c(C)nnc21. The number of rotatable bonds is 13. The molecule has 8 rings (SSSR count). The summed E-state index contributed by atoms with van der Waals surface area (Å²) in [5, 5.41) is 29.4. The second kappa shape index (κ2) is 19.5. The number of likely N-dealkylation sites (tertiary alicyclic amines) is 1. The van der Waals surface area contributed by atoms with Crippen molar-refractivity contribution < 1.29 is 29.0 Å². The Kier molecular flexibility index (Phi) is 13.7. The zero-order chi connectivity index (χ0) is 48.6. The number of amides is 3. The summed E-state index contributed by atoms with van der Waals surface area (Å²) in [6.45, 7) is 15.2. The van der Waals surface area contributed by atoms with Gasteiger partial charge in [-0.2, -0.15) is 0 Å². The third-order valence-electron chi connectivity index (χ3n) is 12.6. The molecule has 1 fully saturated rings. The lowest BCUT2D eigenvalue weighted by atomic mass is 9.85. The molecule has 4 N–H and O–H groups in total. The maximum atomic E-state index is 14.2. The summed E-state index contributed by atoms with van der Waals surface area (Å²) in [5.74, 6) is 0.115. The van der Waals surface area contributed by atoms with E-state index in [9.17, 15) is 24.3 Å². The van der Waals surface area contributed by atoms with Gasteiger partial charge >= 0.3 is 5.97 Å². The Bertz CT molecular complexity index is 2880. The molecule has 68 heavy (non-hydrogen) atoms. The Morgan fingerprint density at radius 2 is 1.59 bits per heavy atom. The fourth-order valence-electron chi connectivity index (χ4n) is 8.65. The number of benzene rings is 2. The molecule has 354 valence electrons. The number of thiophene rings is 1. The number of hydrogen-bond donors (Lipinski definition) is 4. The number of carbonyl (C=O) groups excluding carboxylic acids is 4. The predicted molar refractivity (Wildman–Crippen MR) is 263 cm³/mol. The summed E-state index contributed by atoms with van der Waals surface area (Å²) in [5.41, 5.74) is 9.46. The number of anilines is 1. The minimum absolute atomic E-state index is 0.0164. The van der Waals surface area contributed by atoms with E-state index in [0.29, 0.717) is 17.5 Å². The highest BCUT2D eigenvalue weighted by Gasteiger charge is 2.45. The molecule has 0 saturated carbocycles. The molecule has 6 heterocycles. The van der Waals surface area contributed by atoms with Crippen molar-refractivity contribution in [1.82, 2.24) is 40.3 Å². The van der Waals surface area contributed by atoms with Crippen LogP contribution >= 0.6 is 22.7 Å². The van der Waals surface area contributed by atoms with Crippen molar-refractivity contribution in [1.29, 1.82) is 0 Å². The van der Waals surface area contributed by atoms with Crippen molar-refractivity contribution in [3.63, 3.8) is 0 Å². The van der Waals surface area contributed by atoms with Crippen LogP contribution in [0.25, 0.3) is 26.6 Å². The summed E-state index contributed by atoms with van der Waals surface area (Å²) < 4.78 is 7.03. The van der Waals surface area contributed by atoms with Crippen LogP contribution in [0, 0.1) is 33.1 Å². The van der Waals surface area contributed by atoms with E-state index in [1.54, 1.807) is 34.9 Å². The zero-order valence-electron chi connectivity index (χ0n) is 39.6. The lowest BCUT2D eigenvalue weighted by molar-refractivity contribution is -0.144. The molecule has 0 aliphatic carbocycles. The maximum Gasteiger partial charge on any atom is 0.308 e. The second-order valence-electron chi connectivity index (χ2n) is 18.4. The topological polar surface area (TPSA) is 206 Å². The van der Waals surface area contributed by atoms with Gasteiger partial charge in [-0.05, 0) is 74.4 Å². The van der Waals surface area contributed by atoms with Gasteiger partial charge in [-0.25, -0.2) is 9.97 Å². The average molecular weight is 957 g/mol. The van der Waals surface area contributed by atoms with Gasteiger partial charge in [0.2, 0.25) is 17.7 Å². The lowest BCUT2D eigenvalue weighted by Gasteiger charge is -2.35. The first-order valence-electron chi connectivity index (χ1n) is 22.5. The summed E-state index contributed by atoms with van der Waals surface area (Å²) in [4.78, 5) is 71.7. The quantitative estimate of drug-likeness (QED) is 0.0869. The van der Waals surface area contributed by atoms with Gasteiger partial charge in [0.1, 0.15) is 34.8 Å². The first-order valence-corrected chi connectivity index (χ1v) is 24.2. The van der Waals surface area contributed by atoms with Gasteiger partial charge in [-0.3, -0.25) is 28.7 Å². The van der Waals surface area contributed by atoms with Crippen LogP contribution in [0.4, 0.5) is 5.82 Å². The number of aliphatic imine (C=N–C) groups is 1. The molecule has 3 amide bonds. The third-order valence-corrected chi connectivity index (χ3v) is 14.7. The fourth-order valence-corrected chi connectivity index (χ4v) is 10.7. The van der Waals surface area contributed by atoms with Crippen molar-refractivity contribution in [3.8, 4) is 26.6 Å². The number of nitrogens with one attached hydrogen (secondary N) is 3. The van der Waals surface area contributed by atoms with E-state index >= 15 is 0 Å². The molecule has 2 aliphatic heterocycles. The number of ether oxygens (including phenoxy) is 1. The number of esters is 1. The molecule has 0 bridgehead atoms. The molecule has 6 aromatic rings. The van der Waals surface area contributed by atoms with Crippen LogP contribution < -0.4 is 16.0 Å². The van der Waals surface area contributed by atoms with E-state index < -0.39 is 47.4 Å². The van der Waals surface area contributed by atoms with Crippen LogP contribution in [0.2, 0.25) is 0 Å². The highest BCUT2D eigenvalue weighted by Crippen LogP contribution is 2.40. The van der Waals surface area contributed by atoms with Gasteiger partial charge in [0.15, 0.2) is 5.82 Å². The Morgan fingerprint density at radius 1 is 0.897 bits per heavy atom. The summed E-state index contributed by atoms with van der Waals surface area (Å²) in [7, 11) is 1.36. The Hall–Kier alpha value is -6.63. The monoisotopic (exact) mass is 956 g/mol. The first kappa shape index (κ1) is 47.8. The number of fused-ring (bicyclic) bond motifs is 3. The van der Waals surface area contributed by atoms with Crippen LogP contribution in [0.1, 0.15) is 97.1 Å². The molecular weight excluding hydrogens is 901 g/mol.